The number of rotatable bonds is 4. The van der Waals surface area contributed by atoms with Crippen LogP contribution >= 0.6 is 0 Å². The van der Waals surface area contributed by atoms with Gasteiger partial charge in [-0.25, -0.2) is 4.79 Å². The SMILES string of the molecule is Cc1cc(C=O)c([N+](=O)[O-])c(/C=C/C(=O)O)c1. The van der Waals surface area contributed by atoms with Gasteiger partial charge in [0, 0.05) is 6.08 Å². The van der Waals surface area contributed by atoms with Gasteiger partial charge in [-0.3, -0.25) is 14.9 Å². The third kappa shape index (κ3) is 2.97. The number of aliphatic carboxylic acids is 1. The van der Waals surface area contributed by atoms with E-state index in [4.69, 9.17) is 5.11 Å². The lowest BCUT2D eigenvalue weighted by molar-refractivity contribution is -0.385. The van der Waals surface area contributed by atoms with E-state index in [1.807, 2.05) is 0 Å². The number of carboxylic acids is 1. The first-order valence-electron chi connectivity index (χ1n) is 4.61. The number of aryl methyl sites for hydroxylation is 1. The van der Waals surface area contributed by atoms with Crippen molar-refractivity contribution in [3.05, 3.63) is 45.0 Å². The first-order chi connectivity index (χ1) is 7.95. The first kappa shape index (κ1) is 12.6. The minimum atomic E-state index is -1.21. The zero-order valence-electron chi connectivity index (χ0n) is 8.91. The molecular formula is C11H9NO5. The van der Waals surface area contributed by atoms with Gasteiger partial charge in [0.05, 0.1) is 16.1 Å². The summed E-state index contributed by atoms with van der Waals surface area (Å²) < 4.78 is 0. The predicted molar refractivity (Wildman–Crippen MR) is 59.9 cm³/mol. The number of nitrogens with zero attached hydrogens (tertiary/aromatic N) is 1. The van der Waals surface area contributed by atoms with E-state index in [2.05, 4.69) is 0 Å². The minimum Gasteiger partial charge on any atom is -0.478 e. The highest BCUT2D eigenvalue weighted by Crippen LogP contribution is 2.25. The third-order valence-corrected chi connectivity index (χ3v) is 2.03. The van der Waals surface area contributed by atoms with Gasteiger partial charge in [0.25, 0.3) is 5.69 Å². The molecule has 0 unspecified atom stereocenters. The van der Waals surface area contributed by atoms with Crippen LogP contribution in [0.1, 0.15) is 21.5 Å². The smallest absolute Gasteiger partial charge is 0.328 e. The van der Waals surface area contributed by atoms with Crippen LogP contribution in [0.3, 0.4) is 0 Å². The van der Waals surface area contributed by atoms with Crippen LogP contribution in [0.2, 0.25) is 0 Å². The Morgan fingerprint density at radius 3 is 2.47 bits per heavy atom. The largest absolute Gasteiger partial charge is 0.478 e. The van der Waals surface area contributed by atoms with E-state index in [0.29, 0.717) is 11.8 Å². The molecule has 0 aliphatic carbocycles. The average molecular weight is 235 g/mol. The molecule has 1 aromatic rings. The second-order valence-corrected chi connectivity index (χ2v) is 3.34. The Morgan fingerprint density at radius 2 is 2.00 bits per heavy atom. The maximum atomic E-state index is 10.8. The molecule has 0 bridgehead atoms. The van der Waals surface area contributed by atoms with Crippen LogP contribution in [-0.4, -0.2) is 22.3 Å². The monoisotopic (exact) mass is 235 g/mol. The Labute approximate surface area is 96.3 Å². The van der Waals surface area contributed by atoms with Crippen molar-refractivity contribution >= 4 is 24.0 Å². The second kappa shape index (κ2) is 5.02. The first-order valence-corrected chi connectivity index (χ1v) is 4.61. The molecule has 0 radical (unpaired) electrons. The van der Waals surface area contributed by atoms with Crippen LogP contribution in [-0.2, 0) is 4.79 Å². The Kier molecular flexibility index (Phi) is 3.71. The molecule has 1 N–H and O–H groups in total. The average Bonchev–Trinajstić information content (AvgIpc) is 2.24. The molecule has 0 saturated carbocycles. The fourth-order valence-corrected chi connectivity index (χ4v) is 1.42. The lowest BCUT2D eigenvalue weighted by Crippen LogP contribution is -1.99. The van der Waals surface area contributed by atoms with E-state index in [9.17, 15) is 19.7 Å². The van der Waals surface area contributed by atoms with Gasteiger partial charge >= 0.3 is 5.97 Å². The van der Waals surface area contributed by atoms with E-state index < -0.39 is 10.9 Å². The summed E-state index contributed by atoms with van der Waals surface area (Å²) in [5.74, 6) is -1.21. The van der Waals surface area contributed by atoms with Crippen molar-refractivity contribution in [1.82, 2.24) is 0 Å². The maximum Gasteiger partial charge on any atom is 0.328 e. The number of nitro benzene ring substituents is 1. The predicted octanol–water partition coefficient (Wildman–Crippen LogP) is 1.81. The molecule has 88 valence electrons. The number of hydrogen-bond donors (Lipinski definition) is 1. The van der Waals surface area contributed by atoms with E-state index in [1.165, 1.54) is 12.1 Å². The summed E-state index contributed by atoms with van der Waals surface area (Å²) >= 11 is 0. The summed E-state index contributed by atoms with van der Waals surface area (Å²) in [6.07, 6.45) is 2.26. The number of carbonyl (C=O) groups excluding carboxylic acids is 1. The van der Waals surface area contributed by atoms with E-state index >= 15 is 0 Å². The van der Waals surface area contributed by atoms with Gasteiger partial charge in [-0.15, -0.1) is 0 Å². The lowest BCUT2D eigenvalue weighted by atomic mass is 10.0. The molecule has 1 aromatic carbocycles. The number of benzene rings is 1. The Morgan fingerprint density at radius 1 is 1.41 bits per heavy atom. The molecule has 0 atom stereocenters. The highest BCUT2D eigenvalue weighted by molar-refractivity contribution is 5.90. The standard InChI is InChI=1S/C11H9NO5/c1-7-4-8(2-3-10(14)15)11(12(16)17)9(5-7)6-13/h2-6H,1H3,(H,14,15)/b3-2+. The normalized spacial score (nSPS) is 10.4. The molecule has 0 amide bonds. The molecular weight excluding hydrogens is 226 g/mol. The molecule has 0 fully saturated rings. The van der Waals surface area contributed by atoms with Crippen LogP contribution in [0, 0.1) is 17.0 Å². The molecule has 17 heavy (non-hydrogen) atoms. The quantitative estimate of drug-likeness (QED) is 0.371. The van der Waals surface area contributed by atoms with Gasteiger partial charge in [0.1, 0.15) is 0 Å². The fourth-order valence-electron chi connectivity index (χ4n) is 1.42. The summed E-state index contributed by atoms with van der Waals surface area (Å²) in [7, 11) is 0. The van der Waals surface area contributed by atoms with Crippen molar-refractivity contribution in [3.63, 3.8) is 0 Å². The van der Waals surface area contributed by atoms with E-state index in [-0.39, 0.29) is 16.8 Å². The fraction of sp³-hybridized carbons (Fsp3) is 0.0909. The number of aldehydes is 1. The van der Waals surface area contributed by atoms with Crippen LogP contribution in [0.4, 0.5) is 5.69 Å². The Balaban J connectivity index is 3.45. The molecule has 0 aliphatic rings. The van der Waals surface area contributed by atoms with Gasteiger partial charge in [-0.05, 0) is 30.7 Å². The molecule has 6 nitrogen and oxygen atoms in total. The van der Waals surface area contributed by atoms with Crippen LogP contribution in [0.15, 0.2) is 18.2 Å². The van der Waals surface area contributed by atoms with Crippen molar-refractivity contribution in [2.75, 3.05) is 0 Å². The summed E-state index contributed by atoms with van der Waals surface area (Å²) in [6, 6.07) is 2.83. The van der Waals surface area contributed by atoms with Gasteiger partial charge in [-0.2, -0.15) is 0 Å². The molecule has 1 rings (SSSR count). The molecule has 0 heterocycles. The van der Waals surface area contributed by atoms with Gasteiger partial charge < -0.3 is 5.11 Å². The molecule has 0 aromatic heterocycles. The van der Waals surface area contributed by atoms with Gasteiger partial charge in [0.2, 0.25) is 0 Å². The number of hydrogen-bond acceptors (Lipinski definition) is 4. The van der Waals surface area contributed by atoms with Crippen LogP contribution in [0.5, 0.6) is 0 Å². The molecule has 0 saturated heterocycles. The summed E-state index contributed by atoms with van der Waals surface area (Å²) in [4.78, 5) is 31.2. The summed E-state index contributed by atoms with van der Waals surface area (Å²) in [6.45, 7) is 1.66. The van der Waals surface area contributed by atoms with Gasteiger partial charge in [-0.1, -0.05) is 0 Å². The van der Waals surface area contributed by atoms with Crippen LogP contribution < -0.4 is 0 Å². The summed E-state index contributed by atoms with van der Waals surface area (Å²) in [5.41, 5.74) is 0.283. The van der Waals surface area contributed by atoms with Crippen molar-refractivity contribution in [2.24, 2.45) is 0 Å². The summed E-state index contributed by atoms with van der Waals surface area (Å²) in [5, 5.41) is 19.3. The van der Waals surface area contributed by atoms with Crippen molar-refractivity contribution in [1.29, 1.82) is 0 Å². The zero-order chi connectivity index (χ0) is 13.0. The molecule has 0 spiro atoms. The number of nitro groups is 1. The van der Waals surface area contributed by atoms with Gasteiger partial charge in [0.15, 0.2) is 6.29 Å². The Hall–Kier alpha value is -2.50. The zero-order valence-corrected chi connectivity index (χ0v) is 8.91. The van der Waals surface area contributed by atoms with Crippen LogP contribution in [0.25, 0.3) is 6.08 Å². The Bertz CT molecular complexity index is 519. The number of carbonyl (C=O) groups is 2. The number of carboxylic acid groups (broad SMARTS) is 1. The lowest BCUT2D eigenvalue weighted by Gasteiger charge is -2.02. The highest BCUT2D eigenvalue weighted by atomic mass is 16.6. The van der Waals surface area contributed by atoms with Crippen molar-refractivity contribution in [2.45, 2.75) is 6.92 Å². The highest BCUT2D eigenvalue weighted by Gasteiger charge is 2.18. The topological polar surface area (TPSA) is 97.5 Å². The second-order valence-electron chi connectivity index (χ2n) is 3.34. The minimum absolute atomic E-state index is 0.0694. The van der Waals surface area contributed by atoms with E-state index in [0.717, 1.165) is 12.2 Å². The maximum absolute atomic E-state index is 10.8. The van der Waals surface area contributed by atoms with Crippen molar-refractivity contribution in [3.8, 4) is 0 Å². The molecule has 0 aliphatic heterocycles. The van der Waals surface area contributed by atoms with E-state index in [1.54, 1.807) is 6.92 Å². The molecule has 6 heteroatoms. The van der Waals surface area contributed by atoms with Crippen molar-refractivity contribution < 1.29 is 19.6 Å². The third-order valence-electron chi connectivity index (χ3n) is 2.03.